The number of nitrogens with one attached hydrogen (secondary N) is 2. The van der Waals surface area contributed by atoms with Gasteiger partial charge in [0.1, 0.15) is 0 Å². The van der Waals surface area contributed by atoms with Crippen molar-refractivity contribution in [1.82, 2.24) is 10.6 Å². The van der Waals surface area contributed by atoms with Gasteiger partial charge in [0.05, 0.1) is 6.04 Å². The smallest absolute Gasteiger partial charge is 0.318 e. The summed E-state index contributed by atoms with van der Waals surface area (Å²) in [6.07, 6.45) is 3.29. The van der Waals surface area contributed by atoms with Crippen molar-refractivity contribution in [2.75, 3.05) is 0 Å². The molecule has 0 aromatic heterocycles. The summed E-state index contributed by atoms with van der Waals surface area (Å²) in [7, 11) is 0. The van der Waals surface area contributed by atoms with Gasteiger partial charge in [-0.3, -0.25) is 10.1 Å². The first-order chi connectivity index (χ1) is 7.30. The fourth-order valence-corrected chi connectivity index (χ4v) is 2.24. The highest BCUT2D eigenvalue weighted by Crippen LogP contribution is 2.36. The summed E-state index contributed by atoms with van der Waals surface area (Å²) >= 11 is 0. The van der Waals surface area contributed by atoms with Crippen LogP contribution in [0.4, 0.5) is 4.79 Å². The SMILES string of the molecule is CC(NC1CCC(C)(C)C1)C(=O)NC(N)=O. The van der Waals surface area contributed by atoms with E-state index in [1.165, 1.54) is 0 Å². The Morgan fingerprint density at radius 1 is 1.44 bits per heavy atom. The normalized spacial score (nSPS) is 25.1. The molecule has 2 atom stereocenters. The molecule has 0 bridgehead atoms. The van der Waals surface area contributed by atoms with E-state index in [0.717, 1.165) is 19.3 Å². The second-order valence-electron chi connectivity index (χ2n) is 5.35. The van der Waals surface area contributed by atoms with Gasteiger partial charge in [-0.1, -0.05) is 13.8 Å². The summed E-state index contributed by atoms with van der Waals surface area (Å²) in [5, 5.41) is 5.29. The van der Waals surface area contributed by atoms with E-state index in [4.69, 9.17) is 5.73 Å². The van der Waals surface area contributed by atoms with Crippen LogP contribution >= 0.6 is 0 Å². The van der Waals surface area contributed by atoms with Crippen molar-refractivity contribution in [3.05, 3.63) is 0 Å². The molecule has 1 fully saturated rings. The predicted molar refractivity (Wildman–Crippen MR) is 61.7 cm³/mol. The number of primary amides is 1. The molecule has 0 spiro atoms. The predicted octanol–water partition coefficient (Wildman–Crippen LogP) is 0.738. The minimum atomic E-state index is -0.801. The maximum atomic E-state index is 11.4. The van der Waals surface area contributed by atoms with Gasteiger partial charge < -0.3 is 11.1 Å². The van der Waals surface area contributed by atoms with Gasteiger partial charge >= 0.3 is 6.03 Å². The molecule has 1 aliphatic rings. The second kappa shape index (κ2) is 4.82. The van der Waals surface area contributed by atoms with Crippen molar-refractivity contribution >= 4 is 11.9 Å². The fourth-order valence-electron chi connectivity index (χ4n) is 2.24. The van der Waals surface area contributed by atoms with Crippen molar-refractivity contribution in [2.24, 2.45) is 11.1 Å². The van der Waals surface area contributed by atoms with Crippen LogP contribution in [0.1, 0.15) is 40.0 Å². The molecule has 3 amide bonds. The lowest BCUT2D eigenvalue weighted by Gasteiger charge is -2.20. The number of nitrogens with two attached hydrogens (primary N) is 1. The van der Waals surface area contributed by atoms with Gasteiger partial charge in [-0.15, -0.1) is 0 Å². The summed E-state index contributed by atoms with van der Waals surface area (Å²) in [5.41, 5.74) is 5.23. The lowest BCUT2D eigenvalue weighted by molar-refractivity contribution is -0.121. The summed E-state index contributed by atoms with van der Waals surface area (Å²) in [4.78, 5) is 21.9. The molecule has 0 aromatic rings. The Morgan fingerprint density at radius 3 is 2.50 bits per heavy atom. The zero-order chi connectivity index (χ0) is 12.3. The Bertz CT molecular complexity index is 289. The van der Waals surface area contributed by atoms with Crippen molar-refractivity contribution < 1.29 is 9.59 Å². The average Bonchev–Trinajstić information content (AvgIpc) is 2.44. The molecule has 0 radical (unpaired) electrons. The Morgan fingerprint density at radius 2 is 2.06 bits per heavy atom. The van der Waals surface area contributed by atoms with Gasteiger partial charge in [0, 0.05) is 6.04 Å². The lowest BCUT2D eigenvalue weighted by atomic mass is 9.92. The highest BCUT2D eigenvalue weighted by molar-refractivity contribution is 5.96. The highest BCUT2D eigenvalue weighted by Gasteiger charge is 2.32. The van der Waals surface area contributed by atoms with E-state index in [2.05, 4.69) is 24.5 Å². The number of carbonyl (C=O) groups is 2. The van der Waals surface area contributed by atoms with E-state index in [0.29, 0.717) is 11.5 Å². The molecule has 0 heterocycles. The van der Waals surface area contributed by atoms with E-state index in [1.54, 1.807) is 6.92 Å². The van der Waals surface area contributed by atoms with E-state index in [-0.39, 0.29) is 11.9 Å². The van der Waals surface area contributed by atoms with Gasteiger partial charge in [-0.05, 0) is 31.6 Å². The lowest BCUT2D eigenvalue weighted by Crippen LogP contribution is -2.49. The van der Waals surface area contributed by atoms with Crippen molar-refractivity contribution in [3.8, 4) is 0 Å². The topological polar surface area (TPSA) is 84.2 Å². The van der Waals surface area contributed by atoms with E-state index in [9.17, 15) is 9.59 Å². The van der Waals surface area contributed by atoms with Crippen LogP contribution in [0.2, 0.25) is 0 Å². The van der Waals surface area contributed by atoms with Crippen molar-refractivity contribution in [2.45, 2.75) is 52.1 Å². The molecule has 2 unspecified atom stereocenters. The average molecular weight is 227 g/mol. The number of hydrogen-bond donors (Lipinski definition) is 3. The summed E-state index contributed by atoms with van der Waals surface area (Å²) in [6.45, 7) is 6.19. The first-order valence-electron chi connectivity index (χ1n) is 5.66. The fraction of sp³-hybridized carbons (Fsp3) is 0.818. The molecule has 1 rings (SSSR count). The van der Waals surface area contributed by atoms with Gasteiger partial charge in [0.15, 0.2) is 0 Å². The first kappa shape index (κ1) is 13.0. The monoisotopic (exact) mass is 227 g/mol. The van der Waals surface area contributed by atoms with Crippen LogP contribution < -0.4 is 16.4 Å². The molecular weight excluding hydrogens is 206 g/mol. The van der Waals surface area contributed by atoms with Crippen LogP contribution in [-0.4, -0.2) is 24.0 Å². The van der Waals surface area contributed by atoms with Crippen LogP contribution in [-0.2, 0) is 4.79 Å². The molecule has 0 aromatic carbocycles. The molecule has 0 saturated heterocycles. The van der Waals surface area contributed by atoms with Crippen LogP contribution in [0.15, 0.2) is 0 Å². The second-order valence-corrected chi connectivity index (χ2v) is 5.35. The Kier molecular flexibility index (Phi) is 3.91. The van der Waals surface area contributed by atoms with Crippen LogP contribution in [0.3, 0.4) is 0 Å². The third-order valence-corrected chi connectivity index (χ3v) is 3.09. The Hall–Kier alpha value is -1.10. The van der Waals surface area contributed by atoms with E-state index >= 15 is 0 Å². The molecule has 92 valence electrons. The third-order valence-electron chi connectivity index (χ3n) is 3.09. The maximum absolute atomic E-state index is 11.4. The van der Waals surface area contributed by atoms with Crippen molar-refractivity contribution in [3.63, 3.8) is 0 Å². The van der Waals surface area contributed by atoms with Crippen LogP contribution in [0.25, 0.3) is 0 Å². The molecule has 5 heteroatoms. The number of rotatable bonds is 3. The molecule has 16 heavy (non-hydrogen) atoms. The molecular formula is C11H21N3O2. The third kappa shape index (κ3) is 3.81. The zero-order valence-corrected chi connectivity index (χ0v) is 10.2. The highest BCUT2D eigenvalue weighted by atomic mass is 16.2. The molecule has 1 aliphatic carbocycles. The minimum Gasteiger partial charge on any atom is -0.351 e. The summed E-state index contributed by atoms with van der Waals surface area (Å²) < 4.78 is 0. The first-order valence-corrected chi connectivity index (χ1v) is 5.66. The summed E-state index contributed by atoms with van der Waals surface area (Å²) in [5.74, 6) is -0.364. The maximum Gasteiger partial charge on any atom is 0.318 e. The molecule has 4 N–H and O–H groups in total. The number of urea groups is 1. The standard InChI is InChI=1S/C11H21N3O2/c1-7(9(15)14-10(12)16)13-8-4-5-11(2,3)6-8/h7-8,13H,4-6H2,1-3H3,(H3,12,14,15,16). The number of amides is 3. The Balaban J connectivity index is 2.37. The Labute approximate surface area is 96.1 Å². The molecule has 0 aliphatic heterocycles. The number of hydrogen-bond acceptors (Lipinski definition) is 3. The minimum absolute atomic E-state index is 0.345. The number of carbonyl (C=O) groups excluding carboxylic acids is 2. The largest absolute Gasteiger partial charge is 0.351 e. The van der Waals surface area contributed by atoms with Crippen molar-refractivity contribution in [1.29, 1.82) is 0 Å². The van der Waals surface area contributed by atoms with Gasteiger partial charge in [0.25, 0.3) is 0 Å². The zero-order valence-electron chi connectivity index (χ0n) is 10.2. The van der Waals surface area contributed by atoms with Crippen LogP contribution in [0.5, 0.6) is 0 Å². The molecule has 5 nitrogen and oxygen atoms in total. The molecule has 1 saturated carbocycles. The van der Waals surface area contributed by atoms with Gasteiger partial charge in [-0.25, -0.2) is 4.79 Å². The van der Waals surface area contributed by atoms with Crippen LogP contribution in [0, 0.1) is 5.41 Å². The number of imide groups is 1. The van der Waals surface area contributed by atoms with Gasteiger partial charge in [0.2, 0.25) is 5.91 Å². The van der Waals surface area contributed by atoms with Gasteiger partial charge in [-0.2, -0.15) is 0 Å². The quantitative estimate of drug-likeness (QED) is 0.664. The van der Waals surface area contributed by atoms with E-state index < -0.39 is 6.03 Å². The summed E-state index contributed by atoms with van der Waals surface area (Å²) in [6, 6.07) is -0.833. The van der Waals surface area contributed by atoms with E-state index in [1.807, 2.05) is 0 Å².